The van der Waals surface area contributed by atoms with Crippen molar-refractivity contribution >= 4 is 34.4 Å². The van der Waals surface area contributed by atoms with Gasteiger partial charge in [0, 0.05) is 19.3 Å². The number of imidazole rings is 1. The maximum atomic E-state index is 12.9. The van der Waals surface area contributed by atoms with Crippen LogP contribution in [0, 0.1) is 0 Å². The number of fused-ring (bicyclic) bond motifs is 4. The molecular formula is C19H21N7O3. The Balaban J connectivity index is 1.66. The minimum absolute atomic E-state index is 0.0356. The molecule has 0 unspecified atom stereocenters. The maximum Gasteiger partial charge on any atom is 0.328 e. The highest BCUT2D eigenvalue weighted by Gasteiger charge is 2.34. The zero-order valence-corrected chi connectivity index (χ0v) is 16.1. The number of pyridine rings is 2. The predicted octanol–water partition coefficient (Wildman–Crippen LogP) is 2.24. The number of ether oxygens (including phenoxy) is 2. The van der Waals surface area contributed by atoms with E-state index in [1.807, 2.05) is 12.1 Å². The molecule has 2 aliphatic rings. The van der Waals surface area contributed by atoms with Gasteiger partial charge in [0.2, 0.25) is 5.88 Å². The van der Waals surface area contributed by atoms with Gasteiger partial charge in [0.25, 0.3) is 0 Å². The number of methoxy groups -OCH3 is 1. The molecule has 3 aromatic heterocycles. The van der Waals surface area contributed by atoms with Gasteiger partial charge in [-0.05, 0) is 24.5 Å². The number of nitrogens with zero attached hydrogens (tertiary/aromatic N) is 4. The molecule has 1 amide bonds. The molecule has 5 rings (SSSR count). The first-order chi connectivity index (χ1) is 14.2. The molecule has 0 aromatic carbocycles. The van der Waals surface area contributed by atoms with Gasteiger partial charge in [-0.15, -0.1) is 0 Å². The number of nitrogens with one attached hydrogen (secondary N) is 3. The highest BCUT2D eigenvalue weighted by molar-refractivity contribution is 5.94. The lowest BCUT2D eigenvalue weighted by Gasteiger charge is -2.36. The Morgan fingerprint density at radius 1 is 1.31 bits per heavy atom. The number of carbonyl (C=O) groups is 1. The van der Waals surface area contributed by atoms with Crippen molar-refractivity contribution in [2.45, 2.75) is 31.6 Å². The molecule has 2 atom stereocenters. The molecule has 0 radical (unpaired) electrons. The molecular weight excluding hydrogens is 374 g/mol. The molecule has 4 bridgehead atoms. The lowest BCUT2D eigenvalue weighted by atomic mass is 9.89. The van der Waals surface area contributed by atoms with Gasteiger partial charge < -0.3 is 25.4 Å². The van der Waals surface area contributed by atoms with E-state index in [1.165, 1.54) is 10.9 Å². The summed E-state index contributed by atoms with van der Waals surface area (Å²) in [5, 5.41) is 9.39. The average Bonchev–Trinajstić information content (AvgIpc) is 3.14. The standard InChI is InChI=1S/C19H21N7O3/c1-20-12-6-15-23-13-5-10(7-21-18(13)28-2)8-29-14-4-3-11(14)24-19(27)26-9-22-16(12)17(26)25-15/h5-7,9,11,14H,3-4,8H2,1-2H3,(H,24,27)(H2,20,23,25)/t11-,14-/m1/s1. The molecule has 4 heterocycles. The second-order valence-electron chi connectivity index (χ2n) is 7.10. The van der Waals surface area contributed by atoms with Gasteiger partial charge in [-0.1, -0.05) is 0 Å². The second kappa shape index (κ2) is 6.89. The van der Waals surface area contributed by atoms with Gasteiger partial charge >= 0.3 is 6.03 Å². The topological polar surface area (TPSA) is 115 Å². The van der Waals surface area contributed by atoms with E-state index in [0.29, 0.717) is 35.2 Å². The summed E-state index contributed by atoms with van der Waals surface area (Å²) < 4.78 is 12.8. The van der Waals surface area contributed by atoms with Crippen molar-refractivity contribution in [3.63, 3.8) is 0 Å². The molecule has 1 saturated carbocycles. The maximum absolute atomic E-state index is 12.9. The van der Waals surface area contributed by atoms with Crippen LogP contribution in [0.25, 0.3) is 11.2 Å². The van der Waals surface area contributed by atoms with Crippen molar-refractivity contribution in [3.8, 4) is 5.88 Å². The first kappa shape index (κ1) is 17.7. The van der Waals surface area contributed by atoms with Gasteiger partial charge in [-0.3, -0.25) is 0 Å². The third-order valence-corrected chi connectivity index (χ3v) is 5.34. The third kappa shape index (κ3) is 3.01. The Hall–Kier alpha value is -3.40. The zero-order chi connectivity index (χ0) is 20.0. The monoisotopic (exact) mass is 395 g/mol. The number of hydrogen-bond acceptors (Lipinski definition) is 8. The lowest BCUT2D eigenvalue weighted by molar-refractivity contribution is -0.0324. The Bertz CT molecular complexity index is 1100. The lowest BCUT2D eigenvalue weighted by Crippen LogP contribution is -2.52. The summed E-state index contributed by atoms with van der Waals surface area (Å²) in [7, 11) is 3.37. The third-order valence-electron chi connectivity index (χ3n) is 5.34. The van der Waals surface area contributed by atoms with Crippen molar-refractivity contribution in [1.82, 2.24) is 24.8 Å². The van der Waals surface area contributed by atoms with E-state index in [2.05, 4.69) is 30.9 Å². The zero-order valence-electron chi connectivity index (χ0n) is 16.1. The molecule has 29 heavy (non-hydrogen) atoms. The summed E-state index contributed by atoms with van der Waals surface area (Å²) in [6.45, 7) is 0.396. The molecule has 3 N–H and O–H groups in total. The molecule has 150 valence electrons. The molecule has 1 fully saturated rings. The van der Waals surface area contributed by atoms with Crippen molar-refractivity contribution in [1.29, 1.82) is 0 Å². The predicted molar refractivity (Wildman–Crippen MR) is 107 cm³/mol. The van der Waals surface area contributed by atoms with Crippen molar-refractivity contribution in [2.24, 2.45) is 0 Å². The molecule has 1 aliphatic carbocycles. The van der Waals surface area contributed by atoms with E-state index in [1.54, 1.807) is 20.4 Å². The van der Waals surface area contributed by atoms with Crippen LogP contribution < -0.4 is 20.7 Å². The van der Waals surface area contributed by atoms with Crippen molar-refractivity contribution in [3.05, 3.63) is 30.2 Å². The number of aromatic nitrogens is 4. The summed E-state index contributed by atoms with van der Waals surface area (Å²) in [4.78, 5) is 26.2. The second-order valence-corrected chi connectivity index (χ2v) is 7.10. The van der Waals surface area contributed by atoms with Gasteiger partial charge in [0.1, 0.15) is 23.3 Å². The fraction of sp³-hybridized carbons (Fsp3) is 0.368. The van der Waals surface area contributed by atoms with Gasteiger partial charge in [0.15, 0.2) is 5.65 Å². The Labute approximate surface area is 166 Å². The quantitative estimate of drug-likeness (QED) is 0.605. The SMILES string of the molecule is CNc1cc2nc3c1ncn3C(=O)N[C@@H]1CC[C@H]1OCc1cnc(OC)c(c1)N2. The van der Waals surface area contributed by atoms with Crippen LogP contribution in [0.2, 0.25) is 0 Å². The highest BCUT2D eigenvalue weighted by atomic mass is 16.5. The smallest absolute Gasteiger partial charge is 0.328 e. The number of anilines is 3. The number of amides is 1. The minimum Gasteiger partial charge on any atom is -0.480 e. The fourth-order valence-corrected chi connectivity index (χ4v) is 3.62. The average molecular weight is 395 g/mol. The van der Waals surface area contributed by atoms with Crippen LogP contribution in [0.5, 0.6) is 5.88 Å². The fourth-order valence-electron chi connectivity index (χ4n) is 3.62. The largest absolute Gasteiger partial charge is 0.480 e. The van der Waals surface area contributed by atoms with Gasteiger partial charge in [-0.2, -0.15) is 0 Å². The number of rotatable bonds is 2. The first-order valence-electron chi connectivity index (χ1n) is 9.44. The van der Waals surface area contributed by atoms with Crippen LogP contribution in [0.1, 0.15) is 18.4 Å². The molecule has 0 spiro atoms. The van der Waals surface area contributed by atoms with E-state index >= 15 is 0 Å². The van der Waals surface area contributed by atoms with Crippen LogP contribution in [0.4, 0.5) is 22.0 Å². The van der Waals surface area contributed by atoms with Crippen molar-refractivity contribution < 1.29 is 14.3 Å². The van der Waals surface area contributed by atoms with Crippen LogP contribution in [0.15, 0.2) is 24.7 Å². The number of carbonyl (C=O) groups excluding carboxylic acids is 1. The van der Waals surface area contributed by atoms with E-state index < -0.39 is 0 Å². The Morgan fingerprint density at radius 2 is 2.21 bits per heavy atom. The number of hydrogen-bond donors (Lipinski definition) is 3. The minimum atomic E-state index is -0.271. The van der Waals surface area contributed by atoms with Gasteiger partial charge in [0.05, 0.1) is 31.5 Å². The normalized spacial score (nSPS) is 20.8. The summed E-state index contributed by atoms with van der Waals surface area (Å²) in [5.74, 6) is 0.981. The van der Waals surface area contributed by atoms with Gasteiger partial charge in [-0.25, -0.2) is 24.3 Å². The summed E-state index contributed by atoms with van der Waals surface area (Å²) in [6.07, 6.45) is 4.95. The highest BCUT2D eigenvalue weighted by Crippen LogP contribution is 2.31. The molecule has 10 nitrogen and oxygen atoms in total. The Kier molecular flexibility index (Phi) is 4.20. The molecule has 1 aliphatic heterocycles. The molecule has 3 aromatic rings. The molecule has 0 saturated heterocycles. The van der Waals surface area contributed by atoms with Crippen LogP contribution in [0.3, 0.4) is 0 Å². The van der Waals surface area contributed by atoms with E-state index in [4.69, 9.17) is 9.47 Å². The van der Waals surface area contributed by atoms with Crippen LogP contribution in [-0.4, -0.2) is 51.9 Å². The van der Waals surface area contributed by atoms with E-state index in [0.717, 1.165) is 24.1 Å². The van der Waals surface area contributed by atoms with Crippen LogP contribution >= 0.6 is 0 Å². The Morgan fingerprint density at radius 3 is 2.97 bits per heavy atom. The molecule has 10 heteroatoms. The first-order valence-corrected chi connectivity index (χ1v) is 9.44. The van der Waals surface area contributed by atoms with Crippen LogP contribution in [-0.2, 0) is 11.3 Å². The van der Waals surface area contributed by atoms with E-state index in [9.17, 15) is 4.79 Å². The van der Waals surface area contributed by atoms with Crippen molar-refractivity contribution in [2.75, 3.05) is 24.8 Å². The summed E-state index contributed by atoms with van der Waals surface area (Å²) in [6, 6.07) is 3.45. The summed E-state index contributed by atoms with van der Waals surface area (Å²) >= 11 is 0. The van der Waals surface area contributed by atoms with E-state index in [-0.39, 0.29) is 18.2 Å². The summed E-state index contributed by atoms with van der Waals surface area (Å²) in [5.41, 5.74) is 3.39.